The zero-order valence-electron chi connectivity index (χ0n) is 6.16. The molecule has 0 aromatic heterocycles. The molecular formula is C5H6NO4Y-. The summed E-state index contributed by atoms with van der Waals surface area (Å²) in [6.07, 6.45) is 0. The summed E-state index contributed by atoms with van der Waals surface area (Å²) in [5, 5.41) is 0.312. The van der Waals surface area contributed by atoms with Crippen LogP contribution in [-0.4, -0.2) is 23.3 Å². The molecule has 11 heavy (non-hydrogen) atoms. The molecular weight excluding hydrogens is 227 g/mol. The van der Waals surface area contributed by atoms with Crippen LogP contribution in [0, 0.1) is 0 Å². The average molecular weight is 233 g/mol. The van der Waals surface area contributed by atoms with Crippen LogP contribution >= 0.6 is 0 Å². The number of hydrogen-bond acceptors (Lipinski definition) is 4. The van der Waals surface area contributed by atoms with Crippen LogP contribution in [0.2, 0.25) is 0 Å². The monoisotopic (exact) mass is 233 g/mol. The van der Waals surface area contributed by atoms with Gasteiger partial charge in [0, 0.05) is 46.6 Å². The molecule has 0 unspecified atom stereocenters. The Labute approximate surface area is 88.9 Å². The Balaban J connectivity index is 0. The van der Waals surface area contributed by atoms with Gasteiger partial charge >= 0.3 is 0 Å². The molecule has 0 heterocycles. The van der Waals surface area contributed by atoms with Crippen molar-refractivity contribution in [2.24, 2.45) is 0 Å². The number of rotatable bonds is 2. The van der Waals surface area contributed by atoms with Crippen LogP contribution in [-0.2, 0) is 51.9 Å². The minimum absolute atomic E-state index is 0. The third-order valence-corrected chi connectivity index (χ3v) is 0.701. The maximum atomic E-state index is 10.4. The molecule has 2 amide bonds. The van der Waals surface area contributed by atoms with E-state index in [0.29, 0.717) is 5.06 Å². The number of amides is 2. The Hall–Kier alpha value is -0.286. The molecule has 5 nitrogen and oxygen atoms in total. The van der Waals surface area contributed by atoms with E-state index < -0.39 is 11.8 Å². The van der Waals surface area contributed by atoms with Crippen molar-refractivity contribution >= 4 is 18.3 Å². The molecule has 0 aliphatic heterocycles. The summed E-state index contributed by atoms with van der Waals surface area (Å²) in [5.74, 6) is -1.31. The van der Waals surface area contributed by atoms with Crippen molar-refractivity contribution in [2.45, 2.75) is 13.8 Å². The van der Waals surface area contributed by atoms with Gasteiger partial charge in [0.05, 0.1) is 0 Å². The van der Waals surface area contributed by atoms with Gasteiger partial charge in [-0.25, -0.2) is 0 Å². The van der Waals surface area contributed by atoms with Crippen molar-refractivity contribution < 1.29 is 51.9 Å². The molecule has 0 aromatic rings. The van der Waals surface area contributed by atoms with Gasteiger partial charge in [0.15, 0.2) is 0 Å². The zero-order chi connectivity index (χ0) is 8.15. The fourth-order valence-corrected chi connectivity index (χ4v) is 0.388. The Morgan fingerprint density at radius 2 is 1.64 bits per heavy atom. The van der Waals surface area contributed by atoms with Crippen LogP contribution in [0.5, 0.6) is 0 Å². The number of imide groups is 1. The number of nitrogens with zero attached hydrogens (tertiary/aromatic N) is 1. The summed E-state index contributed by atoms with van der Waals surface area (Å²) in [7, 11) is 0. The molecule has 0 bridgehead atoms. The first-order chi connectivity index (χ1) is 4.59. The quantitative estimate of drug-likeness (QED) is 0.471. The van der Waals surface area contributed by atoms with E-state index in [0.717, 1.165) is 20.3 Å². The fourth-order valence-electron chi connectivity index (χ4n) is 0.388. The minimum Gasteiger partial charge on any atom is -0.536 e. The smallest absolute Gasteiger partial charge is 0.256 e. The van der Waals surface area contributed by atoms with Crippen molar-refractivity contribution in [2.75, 3.05) is 0 Å². The van der Waals surface area contributed by atoms with Gasteiger partial charge in [-0.1, -0.05) is 0 Å². The van der Waals surface area contributed by atoms with Gasteiger partial charge in [-0.2, -0.15) is 0 Å². The van der Waals surface area contributed by atoms with E-state index in [4.69, 9.17) is 0 Å². The SMILES string of the molecule is CC(=O)N(O[C-]=O)C(C)=O.[Y]. The first-order valence-electron chi connectivity index (χ1n) is 2.45. The molecule has 0 rings (SSSR count). The van der Waals surface area contributed by atoms with Gasteiger partial charge in [0.1, 0.15) is 0 Å². The zero-order valence-corrected chi connectivity index (χ0v) is 9.00. The van der Waals surface area contributed by atoms with Crippen molar-refractivity contribution in [1.29, 1.82) is 0 Å². The predicted molar refractivity (Wildman–Crippen MR) is 30.0 cm³/mol. The number of hydroxylamine groups is 2. The largest absolute Gasteiger partial charge is 0.536 e. The summed E-state index contributed by atoms with van der Waals surface area (Å²) in [5.41, 5.74) is 0. The van der Waals surface area contributed by atoms with Crippen molar-refractivity contribution in [1.82, 2.24) is 5.06 Å². The maximum Gasteiger partial charge on any atom is 0.256 e. The summed E-state index contributed by atoms with van der Waals surface area (Å²) < 4.78 is 0. The first-order valence-corrected chi connectivity index (χ1v) is 2.45. The average Bonchev–Trinajstić information content (AvgIpc) is 1.81. The van der Waals surface area contributed by atoms with Gasteiger partial charge in [-0.15, -0.1) is 5.06 Å². The molecule has 0 fully saturated rings. The third kappa shape index (κ3) is 5.04. The molecule has 0 aliphatic rings. The molecule has 0 spiro atoms. The first kappa shape index (κ1) is 13.3. The van der Waals surface area contributed by atoms with Crippen LogP contribution in [0.1, 0.15) is 13.8 Å². The Morgan fingerprint density at radius 1 is 1.27 bits per heavy atom. The summed E-state index contributed by atoms with van der Waals surface area (Å²) in [6.45, 7) is 3.16. The second kappa shape index (κ2) is 6.43. The molecule has 1 radical (unpaired) electrons. The molecule has 0 aromatic carbocycles. The van der Waals surface area contributed by atoms with Crippen LogP contribution in [0.25, 0.3) is 0 Å². The standard InChI is InChI=1S/C5H6NO4.Y/c1-4(8)6(5(2)9)10-3-7;/h1-2H3;/q-1;. The third-order valence-electron chi connectivity index (χ3n) is 0.701. The molecule has 0 N–H and O–H groups in total. The van der Waals surface area contributed by atoms with E-state index in [9.17, 15) is 14.4 Å². The van der Waals surface area contributed by atoms with E-state index in [1.807, 2.05) is 0 Å². The Bertz CT molecular complexity index is 156. The normalized spacial score (nSPS) is 7.45. The predicted octanol–water partition coefficient (Wildman–Crippen LogP) is -0.622. The van der Waals surface area contributed by atoms with Crippen LogP contribution < -0.4 is 0 Å². The molecule has 0 aliphatic carbocycles. The molecule has 0 saturated heterocycles. The van der Waals surface area contributed by atoms with Crippen molar-refractivity contribution in [3.05, 3.63) is 0 Å². The molecule has 59 valence electrons. The van der Waals surface area contributed by atoms with E-state index in [2.05, 4.69) is 4.84 Å². The van der Waals surface area contributed by atoms with Gasteiger partial charge in [-0.05, 0) is 6.47 Å². The minimum atomic E-state index is -0.657. The second-order valence-electron chi connectivity index (χ2n) is 1.51. The fraction of sp³-hybridized carbons (Fsp3) is 0.400. The molecule has 0 saturated carbocycles. The van der Waals surface area contributed by atoms with E-state index in [-0.39, 0.29) is 32.7 Å². The van der Waals surface area contributed by atoms with Gasteiger partial charge < -0.3 is 9.63 Å². The Kier molecular flexibility index (Phi) is 7.78. The van der Waals surface area contributed by atoms with E-state index >= 15 is 0 Å². The van der Waals surface area contributed by atoms with Crippen LogP contribution in [0.3, 0.4) is 0 Å². The van der Waals surface area contributed by atoms with E-state index in [1.165, 1.54) is 0 Å². The molecule has 0 atom stereocenters. The number of carbonyl (C=O) groups excluding carboxylic acids is 3. The van der Waals surface area contributed by atoms with Gasteiger partial charge in [0.2, 0.25) is 0 Å². The summed E-state index contributed by atoms with van der Waals surface area (Å²) in [4.78, 5) is 34.2. The number of hydrogen-bond donors (Lipinski definition) is 0. The topological polar surface area (TPSA) is 63.7 Å². The number of carbonyl (C=O) groups is 2. The van der Waals surface area contributed by atoms with Gasteiger partial charge in [-0.3, -0.25) is 9.59 Å². The van der Waals surface area contributed by atoms with Crippen molar-refractivity contribution in [3.8, 4) is 0 Å². The Morgan fingerprint density at radius 3 is 1.73 bits per heavy atom. The van der Waals surface area contributed by atoms with Crippen LogP contribution in [0.15, 0.2) is 0 Å². The summed E-state index contributed by atoms with van der Waals surface area (Å²) >= 11 is 0. The van der Waals surface area contributed by atoms with Gasteiger partial charge in [0.25, 0.3) is 11.8 Å². The van der Waals surface area contributed by atoms with E-state index in [1.54, 1.807) is 0 Å². The second-order valence-corrected chi connectivity index (χ2v) is 1.51. The van der Waals surface area contributed by atoms with Crippen molar-refractivity contribution in [3.63, 3.8) is 0 Å². The summed E-state index contributed by atoms with van der Waals surface area (Å²) in [6, 6.07) is 0. The maximum absolute atomic E-state index is 10.4. The van der Waals surface area contributed by atoms with Crippen LogP contribution in [0.4, 0.5) is 0 Å². The molecule has 6 heteroatoms.